The van der Waals surface area contributed by atoms with Gasteiger partial charge in [0.1, 0.15) is 12.1 Å². The molecule has 0 spiro atoms. The summed E-state index contributed by atoms with van der Waals surface area (Å²) in [5.41, 5.74) is 2.92. The van der Waals surface area contributed by atoms with E-state index in [4.69, 9.17) is 0 Å². The Morgan fingerprint density at radius 3 is 2.40 bits per heavy atom. The fourth-order valence-electron chi connectivity index (χ4n) is 5.45. The predicted molar refractivity (Wildman–Crippen MR) is 131 cm³/mol. The van der Waals surface area contributed by atoms with E-state index in [-0.39, 0.29) is 28.6 Å². The molecule has 0 radical (unpaired) electrons. The van der Waals surface area contributed by atoms with Gasteiger partial charge in [-0.25, -0.2) is 17.5 Å². The number of nitrogens with zero attached hydrogens (tertiary/aromatic N) is 3. The molecule has 2 heterocycles. The smallest absolute Gasteiger partial charge is 0.243 e. The molecule has 1 aliphatic carbocycles. The molecular weight excluding hydrogens is 465 g/mol. The van der Waals surface area contributed by atoms with Crippen LogP contribution in [0.2, 0.25) is 0 Å². The summed E-state index contributed by atoms with van der Waals surface area (Å²) in [6.45, 7) is 6.79. The summed E-state index contributed by atoms with van der Waals surface area (Å²) in [6.07, 6.45) is 4.36. The second kappa shape index (κ2) is 8.38. The summed E-state index contributed by atoms with van der Waals surface area (Å²) in [5.74, 6) is -0.297. The highest BCUT2D eigenvalue weighted by Gasteiger charge is 2.50. The molecule has 0 amide bonds. The van der Waals surface area contributed by atoms with E-state index in [1.54, 1.807) is 30.5 Å². The van der Waals surface area contributed by atoms with Crippen molar-refractivity contribution in [2.75, 3.05) is 13.1 Å². The highest BCUT2D eigenvalue weighted by molar-refractivity contribution is 7.89. The molecule has 3 aromatic rings. The summed E-state index contributed by atoms with van der Waals surface area (Å²) < 4.78 is 43.7. The first-order valence-corrected chi connectivity index (χ1v) is 13.4. The number of aromatic nitrogens is 2. The first kappa shape index (κ1) is 23.9. The molecule has 2 aromatic carbocycles. The molecule has 0 saturated carbocycles. The fraction of sp³-hybridized carbons (Fsp3) is 0.407. The van der Waals surface area contributed by atoms with Crippen LogP contribution in [0.25, 0.3) is 5.69 Å². The van der Waals surface area contributed by atoms with Crippen LogP contribution in [0.15, 0.2) is 59.6 Å². The zero-order valence-corrected chi connectivity index (χ0v) is 21.1. The van der Waals surface area contributed by atoms with Crippen molar-refractivity contribution >= 4 is 16.3 Å². The minimum Gasteiger partial charge on any atom is -0.303 e. The number of hydrogen-bond donors (Lipinski definition) is 0. The Morgan fingerprint density at radius 1 is 1.09 bits per heavy atom. The van der Waals surface area contributed by atoms with Crippen LogP contribution in [0.5, 0.6) is 0 Å². The van der Waals surface area contributed by atoms with Gasteiger partial charge in [-0.2, -0.15) is 9.40 Å². The SMILES string of the molecule is CC(C)(C)c1ccc(S(=O)(=O)N2CC[C@H]3Cc4c(cnn4-c4ccc(F)cc4)C[C@]3(C=O)C2)cc1. The van der Waals surface area contributed by atoms with E-state index in [2.05, 4.69) is 25.9 Å². The van der Waals surface area contributed by atoms with E-state index in [1.807, 2.05) is 16.8 Å². The number of carbonyl (C=O) groups is 1. The number of aldehydes is 1. The minimum atomic E-state index is -3.72. The number of benzene rings is 2. The number of carbonyl (C=O) groups excluding carboxylic acids is 1. The van der Waals surface area contributed by atoms with Gasteiger partial charge in [0.05, 0.1) is 16.8 Å². The average Bonchev–Trinajstić information content (AvgIpc) is 3.24. The van der Waals surface area contributed by atoms with Gasteiger partial charge in [-0.15, -0.1) is 0 Å². The first-order chi connectivity index (χ1) is 16.5. The molecule has 2 aliphatic rings. The van der Waals surface area contributed by atoms with E-state index < -0.39 is 15.4 Å². The van der Waals surface area contributed by atoms with Crippen molar-refractivity contribution < 1.29 is 17.6 Å². The van der Waals surface area contributed by atoms with Crippen molar-refractivity contribution in [2.24, 2.45) is 11.3 Å². The van der Waals surface area contributed by atoms with Crippen molar-refractivity contribution in [3.8, 4) is 5.69 Å². The van der Waals surface area contributed by atoms with Crippen LogP contribution < -0.4 is 0 Å². The van der Waals surface area contributed by atoms with E-state index >= 15 is 0 Å². The quantitative estimate of drug-likeness (QED) is 0.506. The average molecular weight is 496 g/mol. The second-order valence-corrected chi connectivity index (χ2v) is 12.8. The first-order valence-electron chi connectivity index (χ1n) is 11.9. The highest BCUT2D eigenvalue weighted by atomic mass is 32.2. The normalized spacial score (nSPS) is 22.9. The Hall–Kier alpha value is -2.84. The zero-order chi connectivity index (χ0) is 25.0. The van der Waals surface area contributed by atoms with Gasteiger partial charge in [0.25, 0.3) is 0 Å². The van der Waals surface area contributed by atoms with Crippen molar-refractivity contribution in [3.05, 3.63) is 77.4 Å². The topological polar surface area (TPSA) is 72.3 Å². The number of halogens is 1. The third-order valence-electron chi connectivity index (χ3n) is 7.59. The van der Waals surface area contributed by atoms with Crippen LogP contribution in [0.4, 0.5) is 4.39 Å². The molecule has 0 unspecified atom stereocenters. The summed E-state index contributed by atoms with van der Waals surface area (Å²) in [7, 11) is -3.72. The van der Waals surface area contributed by atoms with Crippen LogP contribution in [-0.2, 0) is 33.1 Å². The molecule has 1 aromatic heterocycles. The molecule has 8 heteroatoms. The van der Waals surface area contributed by atoms with Crippen molar-refractivity contribution in [3.63, 3.8) is 0 Å². The predicted octanol–water partition coefficient (Wildman–Crippen LogP) is 4.30. The molecule has 2 atom stereocenters. The van der Waals surface area contributed by atoms with Gasteiger partial charge in [0, 0.05) is 24.2 Å². The van der Waals surface area contributed by atoms with Crippen LogP contribution >= 0.6 is 0 Å². The molecule has 184 valence electrons. The monoisotopic (exact) mass is 495 g/mol. The van der Waals surface area contributed by atoms with Gasteiger partial charge in [0.15, 0.2) is 0 Å². The lowest BCUT2D eigenvalue weighted by molar-refractivity contribution is -0.122. The lowest BCUT2D eigenvalue weighted by atomic mass is 9.64. The summed E-state index contributed by atoms with van der Waals surface area (Å²) >= 11 is 0. The van der Waals surface area contributed by atoms with E-state index in [1.165, 1.54) is 16.4 Å². The van der Waals surface area contributed by atoms with Gasteiger partial charge in [-0.1, -0.05) is 32.9 Å². The molecule has 0 N–H and O–H groups in total. The van der Waals surface area contributed by atoms with Crippen LogP contribution in [0, 0.1) is 17.2 Å². The third kappa shape index (κ3) is 4.12. The lowest BCUT2D eigenvalue weighted by Crippen LogP contribution is -2.54. The number of hydrogen-bond acceptors (Lipinski definition) is 4. The highest BCUT2D eigenvalue weighted by Crippen LogP contribution is 2.45. The summed E-state index contributed by atoms with van der Waals surface area (Å²) in [5, 5.41) is 4.51. The van der Waals surface area contributed by atoms with Crippen LogP contribution in [-0.4, -0.2) is 41.9 Å². The van der Waals surface area contributed by atoms with Crippen LogP contribution in [0.1, 0.15) is 44.0 Å². The second-order valence-electron chi connectivity index (χ2n) is 10.8. The number of rotatable bonds is 4. The molecule has 35 heavy (non-hydrogen) atoms. The maximum atomic E-state index is 13.5. The van der Waals surface area contributed by atoms with E-state index in [0.29, 0.717) is 25.8 Å². The van der Waals surface area contributed by atoms with Crippen molar-refractivity contribution in [2.45, 2.75) is 50.3 Å². The summed E-state index contributed by atoms with van der Waals surface area (Å²) in [6, 6.07) is 13.2. The number of sulfonamides is 1. The summed E-state index contributed by atoms with van der Waals surface area (Å²) in [4.78, 5) is 12.8. The van der Waals surface area contributed by atoms with Gasteiger partial charge >= 0.3 is 0 Å². The molecule has 6 nitrogen and oxygen atoms in total. The molecule has 0 bridgehead atoms. The van der Waals surface area contributed by atoms with Gasteiger partial charge in [-0.05, 0) is 78.1 Å². The maximum Gasteiger partial charge on any atom is 0.243 e. The van der Waals surface area contributed by atoms with Crippen molar-refractivity contribution in [1.82, 2.24) is 14.1 Å². The Balaban J connectivity index is 1.43. The largest absolute Gasteiger partial charge is 0.303 e. The molecule has 1 saturated heterocycles. The van der Waals surface area contributed by atoms with Crippen LogP contribution in [0.3, 0.4) is 0 Å². The Labute approximate surface area is 205 Å². The third-order valence-corrected chi connectivity index (χ3v) is 9.45. The fourth-order valence-corrected chi connectivity index (χ4v) is 6.99. The molecule has 1 aliphatic heterocycles. The minimum absolute atomic E-state index is 0.0121. The molecule has 1 fully saturated rings. The molecular formula is C27H30FN3O3S. The Bertz CT molecular complexity index is 1360. The van der Waals surface area contributed by atoms with Gasteiger partial charge < -0.3 is 4.79 Å². The Kier molecular flexibility index (Phi) is 5.72. The van der Waals surface area contributed by atoms with Gasteiger partial charge in [0.2, 0.25) is 10.0 Å². The molecule has 5 rings (SSSR count). The number of fused-ring (bicyclic) bond motifs is 2. The van der Waals surface area contributed by atoms with E-state index in [9.17, 15) is 17.6 Å². The lowest BCUT2D eigenvalue weighted by Gasteiger charge is -2.47. The van der Waals surface area contributed by atoms with E-state index in [0.717, 1.165) is 28.8 Å². The number of piperidine rings is 1. The zero-order valence-electron chi connectivity index (χ0n) is 20.2. The van der Waals surface area contributed by atoms with Gasteiger partial charge in [-0.3, -0.25) is 0 Å². The van der Waals surface area contributed by atoms with Crippen molar-refractivity contribution in [1.29, 1.82) is 0 Å². The Morgan fingerprint density at radius 2 is 1.77 bits per heavy atom. The maximum absolute atomic E-state index is 13.5. The standard InChI is InChI=1S/C27H30FN3O3S/c1-26(2,3)20-4-10-24(11-5-20)35(33,34)30-13-12-21-14-25-19(15-27(21,17-30)18-32)16-29-31(25)23-8-6-22(28)7-9-23/h4-11,16,18,21H,12-15,17H2,1-3H3/t21-,27+/m0/s1.